The van der Waals surface area contributed by atoms with Crippen LogP contribution in [0.5, 0.6) is 5.75 Å². The lowest BCUT2D eigenvalue weighted by molar-refractivity contribution is -0.275. The summed E-state index contributed by atoms with van der Waals surface area (Å²) in [5, 5.41) is 23.1. The van der Waals surface area contributed by atoms with Crippen molar-refractivity contribution in [2.75, 3.05) is 20.1 Å². The van der Waals surface area contributed by atoms with E-state index in [1.807, 2.05) is 26.0 Å². The molecule has 0 spiro atoms. The first-order valence-electron chi connectivity index (χ1n) is 14.7. The van der Waals surface area contributed by atoms with Gasteiger partial charge in [-0.1, -0.05) is 54.6 Å². The standard InChI is InChI=1S/C33H39F3N2O6S/c1-32(2,19-22-16-24-9-4-5-10-25(24)17-22)37-20-27(39)21-38(3)45(42,43)30-14-12-26(18-29(30)44-33(34,35)36)28-11-7-6-8-23(28)13-15-31(40)41/h4-12,14,18,22,27,37,39H,13,15-17,19-21H2,1-3H3,(H,40,41)/t27-/m1/s1. The number of nitrogens with one attached hydrogen (secondary N) is 1. The van der Waals surface area contributed by atoms with Gasteiger partial charge in [-0.2, -0.15) is 4.31 Å². The quantitative estimate of drug-likeness (QED) is 0.214. The zero-order chi connectivity index (χ0) is 33.0. The van der Waals surface area contributed by atoms with E-state index in [1.54, 1.807) is 24.3 Å². The second-order valence-electron chi connectivity index (χ2n) is 12.2. The number of carboxylic acid groups (broad SMARTS) is 1. The van der Waals surface area contributed by atoms with Gasteiger partial charge in [-0.25, -0.2) is 8.42 Å². The zero-order valence-corrected chi connectivity index (χ0v) is 26.3. The van der Waals surface area contributed by atoms with Gasteiger partial charge < -0.3 is 20.3 Å². The molecule has 1 aliphatic rings. The Bertz CT molecular complexity index is 1580. The molecule has 3 aromatic carbocycles. The fraction of sp³-hybridized carbons (Fsp3) is 0.424. The molecule has 3 aromatic rings. The van der Waals surface area contributed by atoms with Crippen LogP contribution >= 0.6 is 0 Å². The molecule has 1 atom stereocenters. The van der Waals surface area contributed by atoms with Crippen molar-refractivity contribution in [3.63, 3.8) is 0 Å². The second kappa shape index (κ2) is 13.9. The van der Waals surface area contributed by atoms with Crippen LogP contribution in [0.1, 0.15) is 43.4 Å². The Morgan fingerprint density at radius 2 is 1.67 bits per heavy atom. The first-order chi connectivity index (χ1) is 21.0. The number of benzene rings is 3. The van der Waals surface area contributed by atoms with Gasteiger partial charge in [0.1, 0.15) is 10.6 Å². The van der Waals surface area contributed by atoms with Crippen LogP contribution in [0.2, 0.25) is 0 Å². The monoisotopic (exact) mass is 648 g/mol. The van der Waals surface area contributed by atoms with Gasteiger partial charge in [0.25, 0.3) is 0 Å². The molecule has 1 aliphatic carbocycles. The lowest BCUT2D eigenvalue weighted by Crippen LogP contribution is -2.47. The number of hydrogen-bond donors (Lipinski definition) is 3. The van der Waals surface area contributed by atoms with Crippen molar-refractivity contribution in [2.45, 2.75) is 68.9 Å². The highest BCUT2D eigenvalue weighted by Gasteiger charge is 2.36. The molecule has 0 bridgehead atoms. The van der Waals surface area contributed by atoms with Crippen molar-refractivity contribution < 1.29 is 41.3 Å². The first-order valence-corrected chi connectivity index (χ1v) is 16.1. The van der Waals surface area contributed by atoms with Gasteiger partial charge in [0.05, 0.1) is 6.10 Å². The van der Waals surface area contributed by atoms with E-state index < -0.39 is 39.1 Å². The van der Waals surface area contributed by atoms with E-state index in [-0.39, 0.29) is 37.0 Å². The molecule has 244 valence electrons. The number of aryl methyl sites for hydroxylation is 1. The normalized spacial score (nSPS) is 14.8. The number of sulfonamides is 1. The fourth-order valence-corrected chi connectivity index (χ4v) is 7.26. The molecule has 0 saturated heterocycles. The number of rotatable bonds is 14. The van der Waals surface area contributed by atoms with Gasteiger partial charge in [-0.05, 0) is 85.4 Å². The van der Waals surface area contributed by atoms with E-state index in [1.165, 1.54) is 24.2 Å². The average Bonchev–Trinajstić information content (AvgIpc) is 3.35. The van der Waals surface area contributed by atoms with Crippen LogP contribution in [0, 0.1) is 5.92 Å². The number of aliphatic carboxylic acids is 1. The Morgan fingerprint density at radius 1 is 1.04 bits per heavy atom. The molecule has 45 heavy (non-hydrogen) atoms. The number of aliphatic hydroxyl groups is 1. The number of β-amino-alcohol motifs (C(OH)–C–C–N with tert-alkyl or cyclic N) is 1. The highest BCUT2D eigenvalue weighted by molar-refractivity contribution is 7.89. The van der Waals surface area contributed by atoms with Gasteiger partial charge >= 0.3 is 12.3 Å². The number of aliphatic hydroxyl groups excluding tert-OH is 1. The average molecular weight is 649 g/mol. The largest absolute Gasteiger partial charge is 0.573 e. The summed E-state index contributed by atoms with van der Waals surface area (Å²) in [6, 6.07) is 18.3. The fourth-order valence-electron chi connectivity index (χ4n) is 5.96. The van der Waals surface area contributed by atoms with Crippen LogP contribution in [-0.2, 0) is 34.1 Å². The third-order valence-corrected chi connectivity index (χ3v) is 9.88. The van der Waals surface area contributed by atoms with Crippen molar-refractivity contribution in [1.29, 1.82) is 0 Å². The van der Waals surface area contributed by atoms with Crippen LogP contribution in [0.15, 0.2) is 71.6 Å². The summed E-state index contributed by atoms with van der Waals surface area (Å²) < 4.78 is 72.3. The molecular weight excluding hydrogens is 609 g/mol. The highest BCUT2D eigenvalue weighted by Crippen LogP contribution is 2.37. The van der Waals surface area contributed by atoms with E-state index in [9.17, 15) is 31.5 Å². The number of alkyl halides is 3. The molecule has 0 fully saturated rings. The van der Waals surface area contributed by atoms with Gasteiger partial charge in [-0.15, -0.1) is 13.2 Å². The van der Waals surface area contributed by atoms with Gasteiger partial charge in [-0.3, -0.25) is 4.79 Å². The number of hydrogen-bond acceptors (Lipinski definition) is 6. The zero-order valence-electron chi connectivity index (χ0n) is 25.5. The summed E-state index contributed by atoms with van der Waals surface area (Å²) >= 11 is 0. The summed E-state index contributed by atoms with van der Waals surface area (Å²) in [4.78, 5) is 10.4. The topological polar surface area (TPSA) is 116 Å². The molecule has 12 heteroatoms. The smallest absolute Gasteiger partial charge is 0.481 e. The van der Waals surface area contributed by atoms with Crippen LogP contribution < -0.4 is 10.1 Å². The molecule has 3 N–H and O–H groups in total. The van der Waals surface area contributed by atoms with E-state index in [4.69, 9.17) is 5.11 Å². The molecule has 8 nitrogen and oxygen atoms in total. The molecule has 0 saturated carbocycles. The third-order valence-electron chi connectivity index (χ3n) is 8.01. The number of likely N-dealkylation sites (N-methyl/N-ethyl adjacent to an activating group) is 1. The van der Waals surface area contributed by atoms with Crippen molar-refractivity contribution in [3.05, 3.63) is 83.4 Å². The van der Waals surface area contributed by atoms with Crippen molar-refractivity contribution >= 4 is 16.0 Å². The van der Waals surface area contributed by atoms with E-state index in [0.717, 1.165) is 35.7 Å². The number of carboxylic acids is 1. The van der Waals surface area contributed by atoms with E-state index >= 15 is 0 Å². The molecule has 0 unspecified atom stereocenters. The summed E-state index contributed by atoms with van der Waals surface area (Å²) in [5.41, 5.74) is 3.59. The maximum absolute atomic E-state index is 13.5. The third kappa shape index (κ3) is 9.29. The second-order valence-corrected chi connectivity index (χ2v) is 14.2. The molecule has 0 aromatic heterocycles. The van der Waals surface area contributed by atoms with Crippen LogP contribution in [0.4, 0.5) is 13.2 Å². The summed E-state index contributed by atoms with van der Waals surface area (Å²) in [7, 11) is -3.34. The number of ether oxygens (including phenoxy) is 1. The summed E-state index contributed by atoms with van der Waals surface area (Å²) in [6.07, 6.45) is -3.60. The van der Waals surface area contributed by atoms with Crippen molar-refractivity contribution in [2.24, 2.45) is 5.92 Å². The lowest BCUT2D eigenvalue weighted by Gasteiger charge is -2.31. The molecule has 0 aliphatic heterocycles. The number of fused-ring (bicyclic) bond motifs is 1. The Morgan fingerprint density at radius 3 is 2.29 bits per heavy atom. The predicted octanol–water partition coefficient (Wildman–Crippen LogP) is 5.42. The van der Waals surface area contributed by atoms with E-state index in [2.05, 4.69) is 22.2 Å². The van der Waals surface area contributed by atoms with Crippen LogP contribution in [-0.4, -0.2) is 67.0 Å². The Kier molecular flexibility index (Phi) is 10.6. The van der Waals surface area contributed by atoms with Crippen molar-refractivity contribution in [1.82, 2.24) is 9.62 Å². The minimum atomic E-state index is -5.18. The lowest BCUT2D eigenvalue weighted by atomic mass is 9.88. The van der Waals surface area contributed by atoms with Gasteiger partial charge in [0.2, 0.25) is 10.0 Å². The summed E-state index contributed by atoms with van der Waals surface area (Å²) in [5.74, 6) is -1.52. The van der Waals surface area contributed by atoms with Crippen molar-refractivity contribution in [3.8, 4) is 16.9 Å². The number of halogens is 3. The SMILES string of the molecule is CN(C[C@H](O)CNC(C)(C)CC1Cc2ccccc2C1)S(=O)(=O)c1ccc(-c2ccccc2CCC(=O)O)cc1OC(F)(F)F. The van der Waals surface area contributed by atoms with Gasteiger partial charge in [0.15, 0.2) is 0 Å². The molecule has 0 radical (unpaired) electrons. The van der Waals surface area contributed by atoms with Gasteiger partial charge in [0, 0.05) is 32.1 Å². The highest BCUT2D eigenvalue weighted by atomic mass is 32.2. The number of carbonyl (C=O) groups is 1. The first kappa shape index (κ1) is 34.4. The van der Waals surface area contributed by atoms with Crippen LogP contribution in [0.3, 0.4) is 0 Å². The Hall–Kier alpha value is -3.45. The molecule has 0 amide bonds. The maximum Gasteiger partial charge on any atom is 0.573 e. The minimum absolute atomic E-state index is 0.0739. The molecule has 0 heterocycles. The summed E-state index contributed by atoms with van der Waals surface area (Å²) in [6.45, 7) is 3.74. The molecular formula is C33H39F3N2O6S. The molecule has 4 rings (SSSR count). The number of nitrogens with zero attached hydrogens (tertiary/aromatic N) is 1. The maximum atomic E-state index is 13.5. The Balaban J connectivity index is 1.46. The van der Waals surface area contributed by atoms with Crippen LogP contribution in [0.25, 0.3) is 11.1 Å². The minimum Gasteiger partial charge on any atom is -0.481 e. The van der Waals surface area contributed by atoms with E-state index in [0.29, 0.717) is 17.0 Å². The predicted molar refractivity (Wildman–Crippen MR) is 164 cm³/mol. The Labute approximate surface area is 261 Å².